The Morgan fingerprint density at radius 1 is 1.47 bits per heavy atom. The highest BCUT2D eigenvalue weighted by molar-refractivity contribution is 5.77. The maximum atomic E-state index is 5.79. The van der Waals surface area contributed by atoms with Gasteiger partial charge in [-0.3, -0.25) is 4.99 Å². The van der Waals surface area contributed by atoms with E-state index in [1.54, 1.807) is 14.2 Å². The molecule has 0 fully saturated rings. The normalized spacial score (nSPS) is 13.3. The Morgan fingerprint density at radius 3 is 2.71 bits per heavy atom. The minimum absolute atomic E-state index is 0.273. The molecular weight excluding hydrogens is 214 g/mol. The van der Waals surface area contributed by atoms with Crippen LogP contribution < -0.4 is 10.5 Å². The summed E-state index contributed by atoms with van der Waals surface area (Å²) in [5.41, 5.74) is 6.97. The van der Waals surface area contributed by atoms with E-state index in [1.807, 2.05) is 30.1 Å². The van der Waals surface area contributed by atoms with Gasteiger partial charge in [0, 0.05) is 20.1 Å². The molecule has 0 aliphatic rings. The molecule has 0 radical (unpaired) electrons. The predicted molar refractivity (Wildman–Crippen MR) is 71.5 cm³/mol. The van der Waals surface area contributed by atoms with Crippen LogP contribution in [0.5, 0.6) is 5.75 Å². The van der Waals surface area contributed by atoms with Crippen molar-refractivity contribution in [3.8, 4) is 5.75 Å². The molecule has 1 atom stereocenters. The molecule has 0 saturated heterocycles. The van der Waals surface area contributed by atoms with E-state index in [0.29, 0.717) is 5.96 Å². The van der Waals surface area contributed by atoms with Gasteiger partial charge in [0.2, 0.25) is 0 Å². The second kappa shape index (κ2) is 6.13. The van der Waals surface area contributed by atoms with Crippen molar-refractivity contribution in [3.63, 3.8) is 0 Å². The minimum Gasteiger partial charge on any atom is -0.496 e. The Balaban J connectivity index is 2.77. The van der Waals surface area contributed by atoms with Crippen molar-refractivity contribution in [2.45, 2.75) is 19.4 Å². The average Bonchev–Trinajstić information content (AvgIpc) is 2.37. The largest absolute Gasteiger partial charge is 0.496 e. The maximum absolute atomic E-state index is 5.79. The molecule has 17 heavy (non-hydrogen) atoms. The predicted octanol–water partition coefficient (Wildman–Crippen LogP) is 1.50. The van der Waals surface area contributed by atoms with Gasteiger partial charge in [0.1, 0.15) is 5.75 Å². The van der Waals surface area contributed by atoms with E-state index in [0.717, 1.165) is 12.2 Å². The first-order valence-electron chi connectivity index (χ1n) is 5.67. The van der Waals surface area contributed by atoms with Crippen molar-refractivity contribution in [2.75, 3.05) is 21.2 Å². The third-order valence-corrected chi connectivity index (χ3v) is 2.96. The summed E-state index contributed by atoms with van der Waals surface area (Å²) in [7, 11) is 5.33. The highest BCUT2D eigenvalue weighted by atomic mass is 16.5. The van der Waals surface area contributed by atoms with Crippen molar-refractivity contribution in [1.29, 1.82) is 0 Å². The fourth-order valence-corrected chi connectivity index (χ4v) is 1.71. The van der Waals surface area contributed by atoms with Gasteiger partial charge in [0.15, 0.2) is 5.96 Å². The molecule has 1 rings (SSSR count). The zero-order valence-electron chi connectivity index (χ0n) is 11.0. The van der Waals surface area contributed by atoms with Gasteiger partial charge >= 0.3 is 0 Å². The first kappa shape index (κ1) is 13.4. The second-order valence-electron chi connectivity index (χ2n) is 4.06. The molecule has 1 aromatic carbocycles. The second-order valence-corrected chi connectivity index (χ2v) is 4.06. The van der Waals surface area contributed by atoms with Gasteiger partial charge in [-0.05, 0) is 25.0 Å². The summed E-state index contributed by atoms with van der Waals surface area (Å²) < 4.78 is 5.33. The number of para-hydroxylation sites is 1. The topological polar surface area (TPSA) is 50.8 Å². The number of aliphatic imine (C=N–C) groups is 1. The zero-order chi connectivity index (χ0) is 12.8. The highest BCUT2D eigenvalue weighted by Crippen LogP contribution is 2.19. The van der Waals surface area contributed by atoms with Crippen LogP contribution in [-0.4, -0.2) is 38.1 Å². The van der Waals surface area contributed by atoms with E-state index >= 15 is 0 Å². The molecule has 0 aromatic heterocycles. The molecular formula is C13H21N3O. The first-order chi connectivity index (χ1) is 8.10. The Kier molecular flexibility index (Phi) is 4.82. The molecule has 0 aliphatic carbocycles. The summed E-state index contributed by atoms with van der Waals surface area (Å²) in [5, 5.41) is 0. The van der Waals surface area contributed by atoms with E-state index in [4.69, 9.17) is 10.5 Å². The summed E-state index contributed by atoms with van der Waals surface area (Å²) in [6.07, 6.45) is 0.872. The lowest BCUT2D eigenvalue weighted by Crippen LogP contribution is -2.41. The van der Waals surface area contributed by atoms with Crippen LogP contribution in [0.25, 0.3) is 0 Å². The molecule has 0 amide bonds. The maximum Gasteiger partial charge on any atom is 0.190 e. The van der Waals surface area contributed by atoms with Crippen molar-refractivity contribution < 1.29 is 4.74 Å². The molecule has 0 bridgehead atoms. The lowest BCUT2D eigenvalue weighted by Gasteiger charge is -2.26. The Bertz CT molecular complexity index is 390. The van der Waals surface area contributed by atoms with E-state index in [-0.39, 0.29) is 6.04 Å². The minimum atomic E-state index is 0.273. The first-order valence-corrected chi connectivity index (χ1v) is 5.67. The summed E-state index contributed by atoms with van der Waals surface area (Å²) in [4.78, 5) is 5.95. The van der Waals surface area contributed by atoms with Gasteiger partial charge < -0.3 is 15.4 Å². The lowest BCUT2D eigenvalue weighted by molar-refractivity contribution is 0.370. The number of ether oxygens (including phenoxy) is 1. The molecule has 1 aromatic rings. The number of likely N-dealkylation sites (N-methyl/N-ethyl adjacent to an activating group) is 1. The van der Waals surface area contributed by atoms with Crippen LogP contribution in [0.4, 0.5) is 0 Å². The number of hydrogen-bond donors (Lipinski definition) is 1. The van der Waals surface area contributed by atoms with Gasteiger partial charge in [0.05, 0.1) is 7.11 Å². The quantitative estimate of drug-likeness (QED) is 0.635. The molecule has 4 nitrogen and oxygen atoms in total. The number of guanidine groups is 1. The number of rotatable bonds is 4. The van der Waals surface area contributed by atoms with Crippen LogP contribution in [-0.2, 0) is 6.42 Å². The van der Waals surface area contributed by atoms with Crippen molar-refractivity contribution >= 4 is 5.96 Å². The summed E-state index contributed by atoms with van der Waals surface area (Å²) in [6.45, 7) is 2.12. The number of hydrogen-bond acceptors (Lipinski definition) is 2. The number of nitrogens with two attached hydrogens (primary N) is 1. The van der Waals surface area contributed by atoms with Crippen LogP contribution in [0.3, 0.4) is 0 Å². The lowest BCUT2D eigenvalue weighted by atomic mass is 10.1. The van der Waals surface area contributed by atoms with Crippen LogP contribution >= 0.6 is 0 Å². The highest BCUT2D eigenvalue weighted by Gasteiger charge is 2.13. The molecule has 0 spiro atoms. The van der Waals surface area contributed by atoms with Crippen LogP contribution in [0.1, 0.15) is 12.5 Å². The van der Waals surface area contributed by atoms with E-state index in [9.17, 15) is 0 Å². The number of methoxy groups -OCH3 is 1. The fraction of sp³-hybridized carbons (Fsp3) is 0.462. The Hall–Kier alpha value is -1.71. The van der Waals surface area contributed by atoms with E-state index in [2.05, 4.69) is 18.0 Å². The zero-order valence-corrected chi connectivity index (χ0v) is 11.0. The summed E-state index contributed by atoms with van der Waals surface area (Å²) in [6, 6.07) is 8.30. The fourth-order valence-electron chi connectivity index (χ4n) is 1.71. The van der Waals surface area contributed by atoms with Crippen molar-refractivity contribution in [2.24, 2.45) is 10.7 Å². The van der Waals surface area contributed by atoms with Crippen LogP contribution in [0.2, 0.25) is 0 Å². The standard InChI is InChI=1S/C13H21N3O/c1-10(16(3)13(14)15-2)9-11-7-5-6-8-12(11)17-4/h5-8,10H,9H2,1-4H3,(H2,14,15). The van der Waals surface area contributed by atoms with Gasteiger partial charge in [-0.1, -0.05) is 18.2 Å². The van der Waals surface area contributed by atoms with Crippen molar-refractivity contribution in [1.82, 2.24) is 4.90 Å². The average molecular weight is 235 g/mol. The van der Waals surface area contributed by atoms with Crippen LogP contribution in [0.15, 0.2) is 29.3 Å². The van der Waals surface area contributed by atoms with Gasteiger partial charge in [-0.2, -0.15) is 0 Å². The number of benzene rings is 1. The molecule has 4 heteroatoms. The van der Waals surface area contributed by atoms with Gasteiger partial charge in [0.25, 0.3) is 0 Å². The smallest absolute Gasteiger partial charge is 0.190 e. The Morgan fingerprint density at radius 2 is 2.12 bits per heavy atom. The molecule has 0 heterocycles. The third kappa shape index (κ3) is 3.37. The molecule has 94 valence electrons. The van der Waals surface area contributed by atoms with E-state index in [1.165, 1.54) is 5.56 Å². The van der Waals surface area contributed by atoms with Gasteiger partial charge in [-0.15, -0.1) is 0 Å². The summed E-state index contributed by atoms with van der Waals surface area (Å²) in [5.74, 6) is 1.46. The number of nitrogens with zero attached hydrogens (tertiary/aromatic N) is 2. The molecule has 0 aliphatic heterocycles. The van der Waals surface area contributed by atoms with Crippen molar-refractivity contribution in [3.05, 3.63) is 29.8 Å². The monoisotopic (exact) mass is 235 g/mol. The van der Waals surface area contributed by atoms with E-state index < -0.39 is 0 Å². The molecule has 1 unspecified atom stereocenters. The van der Waals surface area contributed by atoms with Gasteiger partial charge in [-0.25, -0.2) is 0 Å². The van der Waals surface area contributed by atoms with Crippen LogP contribution in [0, 0.1) is 0 Å². The Labute approximate surface area is 103 Å². The molecule has 2 N–H and O–H groups in total. The summed E-state index contributed by atoms with van der Waals surface area (Å²) >= 11 is 0. The SMILES string of the molecule is CN=C(N)N(C)C(C)Cc1ccccc1OC. The third-order valence-electron chi connectivity index (χ3n) is 2.96. The molecule has 0 saturated carbocycles.